The van der Waals surface area contributed by atoms with Gasteiger partial charge in [-0.1, -0.05) is 12.1 Å². The Morgan fingerprint density at radius 1 is 1.50 bits per heavy atom. The van der Waals surface area contributed by atoms with E-state index in [2.05, 4.69) is 0 Å². The second-order valence-corrected chi connectivity index (χ2v) is 3.73. The Kier molecular flexibility index (Phi) is 4.05. The van der Waals surface area contributed by atoms with Gasteiger partial charge in [-0.15, -0.1) is 11.6 Å². The van der Waals surface area contributed by atoms with Gasteiger partial charge < -0.3 is 0 Å². The first kappa shape index (κ1) is 12.2. The zero-order chi connectivity index (χ0) is 12.1. The molecular weight excluding hydrogens is 224 g/mol. The zero-order valence-corrected chi connectivity index (χ0v) is 9.45. The normalized spacial score (nSPS) is 11.2. The fourth-order valence-corrected chi connectivity index (χ4v) is 1.65. The van der Waals surface area contributed by atoms with Crippen molar-refractivity contribution in [2.75, 3.05) is 0 Å². The van der Waals surface area contributed by atoms with Crippen molar-refractivity contribution in [3.8, 4) is 12.1 Å². The minimum absolute atomic E-state index is 0.0789. The summed E-state index contributed by atoms with van der Waals surface area (Å²) in [6.45, 7) is 1.38. The highest BCUT2D eigenvalue weighted by Gasteiger charge is 2.18. The molecule has 0 amide bonds. The summed E-state index contributed by atoms with van der Waals surface area (Å²) >= 11 is 5.94. The minimum Gasteiger partial charge on any atom is -0.298 e. The molecule has 0 heterocycles. The van der Waals surface area contributed by atoms with Crippen LogP contribution in [-0.4, -0.2) is 5.78 Å². The van der Waals surface area contributed by atoms with E-state index in [1.165, 1.54) is 6.92 Å². The van der Waals surface area contributed by atoms with E-state index in [1.807, 2.05) is 12.1 Å². The third-order valence-corrected chi connectivity index (χ3v) is 2.76. The maximum atomic E-state index is 11.2. The molecule has 1 aromatic carbocycles. The number of nitrogens with zero attached hydrogens (tertiary/aromatic N) is 2. The molecule has 0 radical (unpaired) electrons. The number of benzene rings is 1. The minimum atomic E-state index is -0.795. The van der Waals surface area contributed by atoms with E-state index in [0.29, 0.717) is 16.7 Å². The topological polar surface area (TPSA) is 64.7 Å². The molecule has 1 aromatic rings. The van der Waals surface area contributed by atoms with Gasteiger partial charge in [0.2, 0.25) is 0 Å². The molecule has 0 aromatic heterocycles. The molecule has 1 unspecified atom stereocenters. The third kappa shape index (κ3) is 2.39. The Balaban J connectivity index is 3.34. The van der Waals surface area contributed by atoms with Crippen molar-refractivity contribution in [1.82, 2.24) is 0 Å². The lowest BCUT2D eigenvalue weighted by Gasteiger charge is -2.11. The van der Waals surface area contributed by atoms with Gasteiger partial charge in [0, 0.05) is 0 Å². The third-order valence-electron chi connectivity index (χ3n) is 2.22. The number of Topliss-reactive ketones (excluding diaryl/α,β-unsaturated/α-hetero) is 1. The van der Waals surface area contributed by atoms with Crippen LogP contribution in [0.3, 0.4) is 0 Å². The Hall–Kier alpha value is -1.84. The van der Waals surface area contributed by atoms with Crippen molar-refractivity contribution in [3.63, 3.8) is 0 Å². The number of alkyl halides is 1. The van der Waals surface area contributed by atoms with Crippen molar-refractivity contribution >= 4 is 17.4 Å². The molecule has 0 saturated heterocycles. The largest absolute Gasteiger partial charge is 0.298 e. The van der Waals surface area contributed by atoms with E-state index in [0.717, 1.165) is 0 Å². The fraction of sp³-hybridized carbons (Fsp3) is 0.250. The van der Waals surface area contributed by atoms with Gasteiger partial charge in [-0.05, 0) is 24.1 Å². The summed E-state index contributed by atoms with van der Waals surface area (Å²) in [6.07, 6.45) is 0.0789. The van der Waals surface area contributed by atoms with E-state index in [9.17, 15) is 4.79 Å². The van der Waals surface area contributed by atoms with Crippen LogP contribution in [0.4, 0.5) is 0 Å². The van der Waals surface area contributed by atoms with E-state index >= 15 is 0 Å². The molecule has 0 N–H and O–H groups in total. The highest BCUT2D eigenvalue weighted by atomic mass is 35.5. The van der Waals surface area contributed by atoms with Crippen molar-refractivity contribution in [1.29, 1.82) is 10.5 Å². The molecule has 0 aliphatic heterocycles. The predicted octanol–water partition coefficient (Wildman–Crippen LogP) is 2.49. The molecule has 1 rings (SSSR count). The van der Waals surface area contributed by atoms with E-state index < -0.39 is 5.38 Å². The lowest BCUT2D eigenvalue weighted by atomic mass is 9.96. The van der Waals surface area contributed by atoms with E-state index in [1.54, 1.807) is 18.2 Å². The second kappa shape index (κ2) is 5.30. The zero-order valence-electron chi connectivity index (χ0n) is 8.70. The maximum absolute atomic E-state index is 11.2. The quantitative estimate of drug-likeness (QED) is 0.752. The highest BCUT2D eigenvalue weighted by molar-refractivity contribution is 6.30. The summed E-state index contributed by atoms with van der Waals surface area (Å²) in [4.78, 5) is 11.2. The van der Waals surface area contributed by atoms with Gasteiger partial charge in [0.25, 0.3) is 0 Å². The monoisotopic (exact) mass is 232 g/mol. The van der Waals surface area contributed by atoms with Crippen LogP contribution in [0.2, 0.25) is 0 Å². The van der Waals surface area contributed by atoms with E-state index in [-0.39, 0.29) is 12.2 Å². The first-order valence-corrected chi connectivity index (χ1v) is 5.08. The Morgan fingerprint density at radius 3 is 2.69 bits per heavy atom. The summed E-state index contributed by atoms with van der Waals surface area (Å²) in [5.41, 5.74) is 1.49. The standard InChI is InChI=1S/C12H9ClN2O/c1-8(16)12(13)11-4-2-3-9(7-15)10(11)5-6-14/h2-4,12H,5H2,1H3. The summed E-state index contributed by atoms with van der Waals surface area (Å²) in [5, 5.41) is 16.8. The second-order valence-electron chi connectivity index (χ2n) is 3.29. The molecule has 0 fully saturated rings. The van der Waals surface area contributed by atoms with Crippen molar-refractivity contribution < 1.29 is 4.79 Å². The summed E-state index contributed by atoms with van der Waals surface area (Å²) in [5.74, 6) is -0.198. The average Bonchev–Trinajstić information content (AvgIpc) is 2.28. The molecule has 0 aliphatic rings. The number of carbonyl (C=O) groups is 1. The lowest BCUT2D eigenvalue weighted by molar-refractivity contribution is -0.116. The number of hydrogen-bond donors (Lipinski definition) is 0. The van der Waals surface area contributed by atoms with Crippen LogP contribution in [0.5, 0.6) is 0 Å². The molecule has 1 atom stereocenters. The van der Waals surface area contributed by atoms with Gasteiger partial charge in [0.1, 0.15) is 5.38 Å². The van der Waals surface area contributed by atoms with Crippen molar-refractivity contribution in [3.05, 3.63) is 34.9 Å². The summed E-state index contributed by atoms with van der Waals surface area (Å²) < 4.78 is 0. The molecule has 3 nitrogen and oxygen atoms in total. The molecule has 0 bridgehead atoms. The van der Waals surface area contributed by atoms with Gasteiger partial charge in [0.15, 0.2) is 5.78 Å². The number of rotatable bonds is 3. The Morgan fingerprint density at radius 2 is 2.19 bits per heavy atom. The van der Waals surface area contributed by atoms with Crippen LogP contribution in [0.1, 0.15) is 29.0 Å². The molecule has 4 heteroatoms. The molecule has 0 spiro atoms. The van der Waals surface area contributed by atoms with Crippen LogP contribution in [-0.2, 0) is 11.2 Å². The number of halogens is 1. The predicted molar refractivity (Wildman–Crippen MR) is 59.7 cm³/mol. The SMILES string of the molecule is CC(=O)C(Cl)c1cccc(C#N)c1CC#N. The Bertz CT molecular complexity index is 497. The van der Waals surface area contributed by atoms with Crippen LogP contribution in [0, 0.1) is 22.7 Å². The molecule has 0 saturated carbocycles. The fourth-order valence-electron chi connectivity index (χ4n) is 1.44. The van der Waals surface area contributed by atoms with Gasteiger partial charge in [-0.25, -0.2) is 0 Å². The van der Waals surface area contributed by atoms with Gasteiger partial charge in [0.05, 0.1) is 24.1 Å². The maximum Gasteiger partial charge on any atom is 0.152 e. The highest BCUT2D eigenvalue weighted by Crippen LogP contribution is 2.27. The lowest BCUT2D eigenvalue weighted by Crippen LogP contribution is -2.06. The molecule has 80 valence electrons. The van der Waals surface area contributed by atoms with Crippen LogP contribution >= 0.6 is 11.6 Å². The molecule has 0 aliphatic carbocycles. The van der Waals surface area contributed by atoms with Gasteiger partial charge >= 0.3 is 0 Å². The molecule has 16 heavy (non-hydrogen) atoms. The first-order chi connectivity index (χ1) is 7.61. The van der Waals surface area contributed by atoms with Crippen molar-refractivity contribution in [2.24, 2.45) is 0 Å². The number of carbonyl (C=O) groups excluding carboxylic acids is 1. The summed E-state index contributed by atoms with van der Waals surface area (Å²) in [7, 11) is 0. The van der Waals surface area contributed by atoms with Crippen LogP contribution < -0.4 is 0 Å². The van der Waals surface area contributed by atoms with E-state index in [4.69, 9.17) is 22.1 Å². The Labute approximate surface area is 98.9 Å². The number of hydrogen-bond acceptors (Lipinski definition) is 3. The molecular formula is C12H9ClN2O. The van der Waals surface area contributed by atoms with Crippen LogP contribution in [0.25, 0.3) is 0 Å². The smallest absolute Gasteiger partial charge is 0.152 e. The van der Waals surface area contributed by atoms with Gasteiger partial charge in [-0.3, -0.25) is 4.79 Å². The average molecular weight is 233 g/mol. The number of ketones is 1. The van der Waals surface area contributed by atoms with Gasteiger partial charge in [-0.2, -0.15) is 10.5 Å². The number of nitriles is 2. The summed E-state index contributed by atoms with van der Waals surface area (Å²) in [6, 6.07) is 8.91. The van der Waals surface area contributed by atoms with Crippen molar-refractivity contribution in [2.45, 2.75) is 18.7 Å². The van der Waals surface area contributed by atoms with Crippen LogP contribution in [0.15, 0.2) is 18.2 Å². The first-order valence-electron chi connectivity index (χ1n) is 4.65.